The van der Waals surface area contributed by atoms with E-state index >= 15 is 0 Å². The van der Waals surface area contributed by atoms with Crippen LogP contribution in [0.3, 0.4) is 0 Å². The summed E-state index contributed by atoms with van der Waals surface area (Å²) in [6.45, 7) is 0.0356. The van der Waals surface area contributed by atoms with Gasteiger partial charge in [0.25, 0.3) is 5.91 Å². The average Bonchev–Trinajstić information content (AvgIpc) is 3.58. The molecule has 3 aliphatic rings. The number of fused-ring (bicyclic) bond motifs is 9. The molecule has 2 bridgehead atoms. The molecule has 4 heterocycles. The third-order valence-electron chi connectivity index (χ3n) is 7.41. The standard InChI is InChI=1S/C30H30F2N4O4/c1-30(2,3)40-29(38)35-14-6-7-18(35)12-10-17-11-13-20-21(15-17)36-22-16-23(26(36)33-20)34(4)27(37)19-8-5-9-24(25(19)22)39-28(31)32/h5,8-9,11,13,15,18,22-23,28H,6-7,14,16H2,1-4H3/t18-,22+,23+/m0/s1/i4D3. The highest BCUT2D eigenvalue weighted by atomic mass is 19.3. The maximum atomic E-state index is 13.6. The molecule has 0 aliphatic carbocycles. The number of halogens is 2. The van der Waals surface area contributed by atoms with Crippen molar-refractivity contribution in [1.82, 2.24) is 19.4 Å². The van der Waals surface area contributed by atoms with E-state index in [1.54, 1.807) is 27.7 Å². The Kier molecular flexibility index (Phi) is 5.39. The van der Waals surface area contributed by atoms with Crippen LogP contribution in [0.2, 0.25) is 0 Å². The van der Waals surface area contributed by atoms with E-state index in [0.29, 0.717) is 35.4 Å². The lowest BCUT2D eigenvalue weighted by Gasteiger charge is -2.26. The molecule has 3 aliphatic heterocycles. The molecule has 0 N–H and O–H groups in total. The first kappa shape index (κ1) is 22.7. The molecule has 0 radical (unpaired) electrons. The van der Waals surface area contributed by atoms with E-state index in [1.165, 1.54) is 18.2 Å². The minimum Gasteiger partial charge on any atom is -0.444 e. The molecule has 10 heteroatoms. The number of ether oxygens (including phenoxy) is 2. The lowest BCUT2D eigenvalue weighted by molar-refractivity contribution is -0.0507. The van der Waals surface area contributed by atoms with Gasteiger partial charge in [0.2, 0.25) is 0 Å². The predicted octanol–water partition coefficient (Wildman–Crippen LogP) is 5.51. The van der Waals surface area contributed by atoms with E-state index in [9.17, 15) is 18.4 Å². The number of nitrogens with zero attached hydrogens (tertiary/aromatic N) is 4. The Morgan fingerprint density at radius 3 is 2.80 bits per heavy atom. The minimum atomic E-state index is -3.14. The van der Waals surface area contributed by atoms with Crippen LogP contribution in [0.15, 0.2) is 36.4 Å². The van der Waals surface area contributed by atoms with Crippen molar-refractivity contribution < 1.29 is 32.0 Å². The summed E-state index contributed by atoms with van der Waals surface area (Å²) in [7, 11) is 0. The molecule has 0 saturated carbocycles. The van der Waals surface area contributed by atoms with Gasteiger partial charge >= 0.3 is 12.7 Å². The maximum absolute atomic E-state index is 13.6. The highest BCUT2D eigenvalue weighted by Gasteiger charge is 2.45. The summed E-state index contributed by atoms with van der Waals surface area (Å²) in [5, 5.41) is 0. The fourth-order valence-electron chi connectivity index (χ4n) is 5.81. The van der Waals surface area contributed by atoms with Gasteiger partial charge in [0, 0.05) is 40.7 Å². The Morgan fingerprint density at radius 1 is 1.23 bits per heavy atom. The third-order valence-corrected chi connectivity index (χ3v) is 7.41. The second-order valence-electron chi connectivity index (χ2n) is 11.2. The van der Waals surface area contributed by atoms with Crippen molar-refractivity contribution in [2.75, 3.05) is 13.5 Å². The first-order valence-electron chi connectivity index (χ1n) is 14.7. The highest BCUT2D eigenvalue weighted by Crippen LogP contribution is 2.50. The number of hydrogen-bond donors (Lipinski definition) is 0. The number of rotatable bonds is 2. The van der Waals surface area contributed by atoms with Gasteiger partial charge in [-0.3, -0.25) is 9.69 Å². The molecule has 0 spiro atoms. The van der Waals surface area contributed by atoms with Crippen LogP contribution in [0, 0.1) is 11.8 Å². The van der Waals surface area contributed by atoms with E-state index in [1.807, 2.05) is 20.8 Å². The van der Waals surface area contributed by atoms with Gasteiger partial charge in [0.05, 0.1) is 29.2 Å². The molecular weight excluding hydrogens is 518 g/mol. The molecule has 0 unspecified atom stereocenters. The Balaban J connectivity index is 1.44. The zero-order chi connectivity index (χ0) is 30.8. The number of aromatic nitrogens is 2. The number of carbonyl (C=O) groups excluding carboxylic acids is 2. The van der Waals surface area contributed by atoms with Crippen molar-refractivity contribution in [1.29, 1.82) is 0 Å². The minimum absolute atomic E-state index is 0.00584. The molecule has 3 atom stereocenters. The summed E-state index contributed by atoms with van der Waals surface area (Å²) in [6, 6.07) is 7.60. The number of carbonyl (C=O) groups is 2. The van der Waals surface area contributed by atoms with Gasteiger partial charge in [-0.05, 0) is 63.9 Å². The number of likely N-dealkylation sites (tertiary alicyclic amines) is 1. The quantitative estimate of drug-likeness (QED) is 0.393. The number of alkyl halides is 2. The van der Waals surface area contributed by atoms with Gasteiger partial charge in [-0.1, -0.05) is 17.9 Å². The van der Waals surface area contributed by atoms with Crippen LogP contribution in [0.5, 0.6) is 5.75 Å². The Hall–Kier alpha value is -4.13. The van der Waals surface area contributed by atoms with E-state index < -0.39 is 43.3 Å². The van der Waals surface area contributed by atoms with E-state index in [4.69, 9.17) is 18.6 Å². The summed E-state index contributed by atoms with van der Waals surface area (Å²) in [5.41, 5.74) is 1.35. The van der Waals surface area contributed by atoms with Gasteiger partial charge in [-0.15, -0.1) is 0 Å². The van der Waals surface area contributed by atoms with E-state index in [-0.39, 0.29) is 29.3 Å². The molecule has 3 aromatic rings. The summed E-state index contributed by atoms with van der Waals surface area (Å²) in [4.78, 5) is 33.4. The SMILES string of the molecule is [2H]C([2H])([2H])N1C(=O)c2cccc(OC(F)F)c2[C@H]2C[C@@H]1c1nc3ccc(C#C[C@@H]4CCCN4C(=O)OC(C)(C)C)cc3n12. The third kappa shape index (κ3) is 4.43. The van der Waals surface area contributed by atoms with Gasteiger partial charge in [0.1, 0.15) is 17.2 Å². The number of imidazole rings is 1. The second kappa shape index (κ2) is 9.51. The monoisotopic (exact) mass is 551 g/mol. The number of amides is 2. The van der Waals surface area contributed by atoms with Gasteiger partial charge < -0.3 is 18.9 Å². The lowest BCUT2D eigenvalue weighted by Crippen LogP contribution is -2.39. The largest absolute Gasteiger partial charge is 0.444 e. The highest BCUT2D eigenvalue weighted by molar-refractivity contribution is 5.97. The van der Waals surface area contributed by atoms with Crippen LogP contribution < -0.4 is 4.74 Å². The van der Waals surface area contributed by atoms with Crippen molar-refractivity contribution in [3.05, 3.63) is 58.9 Å². The van der Waals surface area contributed by atoms with Gasteiger partial charge in [0.15, 0.2) is 0 Å². The van der Waals surface area contributed by atoms with Gasteiger partial charge in [-0.2, -0.15) is 8.78 Å². The molecule has 6 rings (SSSR count). The van der Waals surface area contributed by atoms with Crippen molar-refractivity contribution >= 4 is 23.0 Å². The zero-order valence-corrected chi connectivity index (χ0v) is 22.3. The molecule has 208 valence electrons. The lowest BCUT2D eigenvalue weighted by atomic mass is 9.97. The normalized spacial score (nSPS) is 23.1. The van der Waals surface area contributed by atoms with Crippen LogP contribution >= 0.6 is 0 Å². The molecule has 40 heavy (non-hydrogen) atoms. The Morgan fingerprint density at radius 2 is 2.05 bits per heavy atom. The molecule has 2 aromatic carbocycles. The average molecular weight is 552 g/mol. The summed E-state index contributed by atoms with van der Waals surface area (Å²) < 4.78 is 63.5. The van der Waals surface area contributed by atoms with Gasteiger partial charge in [-0.25, -0.2) is 9.78 Å². The van der Waals surface area contributed by atoms with E-state index in [0.717, 1.165) is 11.3 Å². The zero-order valence-electron chi connectivity index (χ0n) is 25.3. The topological polar surface area (TPSA) is 76.9 Å². The Labute approximate surface area is 235 Å². The number of benzene rings is 2. The van der Waals surface area contributed by atoms with Crippen molar-refractivity contribution in [3.63, 3.8) is 0 Å². The molecule has 1 aromatic heterocycles. The summed E-state index contributed by atoms with van der Waals surface area (Å²) in [5.74, 6) is 5.71. The predicted molar refractivity (Wildman–Crippen MR) is 143 cm³/mol. The van der Waals surface area contributed by atoms with Crippen LogP contribution in [0.1, 0.15) is 83.5 Å². The van der Waals surface area contributed by atoms with Crippen LogP contribution in [0.4, 0.5) is 13.6 Å². The van der Waals surface area contributed by atoms with Crippen molar-refractivity contribution in [2.24, 2.45) is 0 Å². The molecular formula is C30H30F2N4O4. The molecule has 8 nitrogen and oxygen atoms in total. The van der Waals surface area contributed by atoms with Crippen LogP contribution in [0.25, 0.3) is 11.0 Å². The van der Waals surface area contributed by atoms with Crippen molar-refractivity contribution in [2.45, 2.75) is 70.4 Å². The smallest absolute Gasteiger partial charge is 0.411 e. The van der Waals surface area contributed by atoms with Crippen LogP contribution in [-0.4, -0.2) is 63.1 Å². The second-order valence-corrected chi connectivity index (χ2v) is 11.2. The summed E-state index contributed by atoms with van der Waals surface area (Å²) in [6.07, 6.45) is 1.23. The van der Waals surface area contributed by atoms with Crippen molar-refractivity contribution in [3.8, 4) is 17.6 Å². The first-order chi connectivity index (χ1) is 20.2. The Bertz CT molecular complexity index is 1690. The summed E-state index contributed by atoms with van der Waals surface area (Å²) >= 11 is 0. The molecule has 2 amide bonds. The molecule has 1 saturated heterocycles. The number of hydrogen-bond acceptors (Lipinski definition) is 5. The van der Waals surface area contributed by atoms with E-state index in [2.05, 4.69) is 11.8 Å². The van der Waals surface area contributed by atoms with Crippen LogP contribution in [-0.2, 0) is 4.74 Å². The fraction of sp³-hybridized carbons (Fsp3) is 0.433. The maximum Gasteiger partial charge on any atom is 0.411 e. The fourth-order valence-corrected chi connectivity index (χ4v) is 5.81. The first-order valence-corrected chi connectivity index (χ1v) is 13.2. The molecule has 1 fully saturated rings.